The Morgan fingerprint density at radius 2 is 1.54 bits per heavy atom. The normalized spacial score (nSPS) is 11.1. The van der Waals surface area contributed by atoms with Crippen LogP contribution >= 0.6 is 23.2 Å². The van der Waals surface area contributed by atoms with Crippen LogP contribution in [0.5, 0.6) is 0 Å². The van der Waals surface area contributed by atoms with E-state index in [1.807, 2.05) is 13.8 Å². The Balaban J connectivity index is 2.13. The molecule has 0 bridgehead atoms. The van der Waals surface area contributed by atoms with E-state index in [0.29, 0.717) is 29.5 Å². The summed E-state index contributed by atoms with van der Waals surface area (Å²) in [7, 11) is -3.79. The number of sulfonamides is 1. The van der Waals surface area contributed by atoms with E-state index in [1.54, 1.807) is 4.90 Å². The maximum Gasteiger partial charge on any atom is 0.321 e. The molecule has 9 heteroatoms. The largest absolute Gasteiger partial charge is 0.325 e. The summed E-state index contributed by atoms with van der Waals surface area (Å²) in [5, 5.41) is 3.31. The van der Waals surface area contributed by atoms with Gasteiger partial charge in [0.1, 0.15) is 0 Å². The third kappa shape index (κ3) is 5.03. The van der Waals surface area contributed by atoms with Crippen molar-refractivity contribution in [2.75, 3.05) is 23.1 Å². The average Bonchev–Trinajstić information content (AvgIpc) is 2.59. The minimum atomic E-state index is -3.79. The summed E-state index contributed by atoms with van der Waals surface area (Å²) >= 11 is 11.7. The molecule has 6 nitrogen and oxygen atoms in total. The van der Waals surface area contributed by atoms with Crippen LogP contribution in [-0.2, 0) is 10.0 Å². The molecule has 2 aromatic carbocycles. The van der Waals surface area contributed by atoms with Gasteiger partial charge in [-0.3, -0.25) is 4.72 Å². The van der Waals surface area contributed by atoms with Gasteiger partial charge in [-0.05, 0) is 56.3 Å². The van der Waals surface area contributed by atoms with Gasteiger partial charge in [-0.15, -0.1) is 0 Å². The zero-order valence-corrected chi connectivity index (χ0v) is 16.6. The van der Waals surface area contributed by atoms with E-state index in [0.717, 1.165) is 0 Å². The highest BCUT2D eigenvalue weighted by atomic mass is 35.5. The van der Waals surface area contributed by atoms with Crippen molar-refractivity contribution >= 4 is 50.6 Å². The summed E-state index contributed by atoms with van der Waals surface area (Å²) in [6, 6.07) is 10.1. The minimum absolute atomic E-state index is 0.0596. The smallest absolute Gasteiger partial charge is 0.321 e. The minimum Gasteiger partial charge on any atom is -0.325 e. The Bertz CT molecular complexity index is 883. The van der Waals surface area contributed by atoms with Crippen LogP contribution in [-0.4, -0.2) is 32.4 Å². The molecule has 2 aromatic rings. The molecular formula is C17H19Cl2N3O3S. The molecule has 2 N–H and O–H groups in total. The van der Waals surface area contributed by atoms with Crippen LogP contribution in [0.1, 0.15) is 13.8 Å². The molecule has 0 heterocycles. The lowest BCUT2D eigenvalue weighted by molar-refractivity contribution is 0.217. The van der Waals surface area contributed by atoms with Gasteiger partial charge in [-0.1, -0.05) is 23.2 Å². The van der Waals surface area contributed by atoms with Gasteiger partial charge in [-0.2, -0.15) is 0 Å². The molecule has 0 saturated heterocycles. The van der Waals surface area contributed by atoms with Gasteiger partial charge >= 0.3 is 6.03 Å². The molecule has 0 fully saturated rings. The van der Waals surface area contributed by atoms with Crippen LogP contribution in [0.3, 0.4) is 0 Å². The maximum atomic E-state index is 12.4. The van der Waals surface area contributed by atoms with E-state index in [2.05, 4.69) is 10.0 Å². The highest BCUT2D eigenvalue weighted by Gasteiger charge is 2.15. The summed E-state index contributed by atoms with van der Waals surface area (Å²) in [5.74, 6) is 0. The van der Waals surface area contributed by atoms with E-state index in [9.17, 15) is 13.2 Å². The standard InChI is InChI=1S/C17H19Cl2N3O3S/c1-3-22(4-2)17(23)20-12-5-8-14(9-6-12)26(24,25)21-13-7-10-15(18)16(19)11-13/h5-11,21H,3-4H2,1-2H3,(H,20,23). The molecule has 0 radical (unpaired) electrons. The predicted octanol–water partition coefficient (Wildman–Crippen LogP) is 4.67. The average molecular weight is 416 g/mol. The number of nitrogens with zero attached hydrogens (tertiary/aromatic N) is 1. The highest BCUT2D eigenvalue weighted by molar-refractivity contribution is 7.92. The fraction of sp³-hybridized carbons (Fsp3) is 0.235. The first kappa shape index (κ1) is 20.4. The Morgan fingerprint density at radius 1 is 0.962 bits per heavy atom. The van der Waals surface area contributed by atoms with E-state index in [1.165, 1.54) is 42.5 Å². The molecule has 0 aliphatic carbocycles. The third-order valence-electron chi connectivity index (χ3n) is 3.64. The van der Waals surface area contributed by atoms with E-state index < -0.39 is 10.0 Å². The van der Waals surface area contributed by atoms with Crippen molar-refractivity contribution in [2.24, 2.45) is 0 Å². The van der Waals surface area contributed by atoms with E-state index >= 15 is 0 Å². The predicted molar refractivity (Wildman–Crippen MR) is 106 cm³/mol. The molecule has 0 saturated carbocycles. The number of rotatable bonds is 6. The lowest BCUT2D eigenvalue weighted by Crippen LogP contribution is -2.34. The Hall–Kier alpha value is -1.96. The van der Waals surface area contributed by atoms with Gasteiger partial charge in [-0.25, -0.2) is 13.2 Å². The zero-order valence-electron chi connectivity index (χ0n) is 14.3. The number of nitrogens with one attached hydrogen (secondary N) is 2. The molecule has 0 aromatic heterocycles. The molecule has 140 valence electrons. The van der Waals surface area contributed by atoms with Crippen molar-refractivity contribution in [2.45, 2.75) is 18.7 Å². The lowest BCUT2D eigenvalue weighted by Gasteiger charge is -2.19. The molecule has 0 atom stereocenters. The molecule has 2 rings (SSSR count). The maximum absolute atomic E-state index is 12.4. The van der Waals surface area contributed by atoms with Gasteiger partial charge in [0.15, 0.2) is 0 Å². The first-order chi connectivity index (χ1) is 12.3. The van der Waals surface area contributed by atoms with Crippen LogP contribution in [0.2, 0.25) is 10.0 Å². The van der Waals surface area contributed by atoms with Gasteiger partial charge in [0, 0.05) is 18.8 Å². The Labute approximate surface area is 163 Å². The second-order valence-corrected chi connectivity index (χ2v) is 7.86. The molecule has 0 spiro atoms. The van der Waals surface area contributed by atoms with Crippen molar-refractivity contribution < 1.29 is 13.2 Å². The second kappa shape index (κ2) is 8.62. The topological polar surface area (TPSA) is 78.5 Å². The van der Waals surface area contributed by atoms with Crippen LogP contribution in [0.15, 0.2) is 47.4 Å². The van der Waals surface area contributed by atoms with Gasteiger partial charge < -0.3 is 10.2 Å². The highest BCUT2D eigenvalue weighted by Crippen LogP contribution is 2.26. The van der Waals surface area contributed by atoms with Crippen LogP contribution in [0, 0.1) is 0 Å². The summed E-state index contributed by atoms with van der Waals surface area (Å²) in [4.78, 5) is 13.7. The van der Waals surface area contributed by atoms with Crippen molar-refractivity contribution in [1.82, 2.24) is 4.90 Å². The fourth-order valence-electron chi connectivity index (χ4n) is 2.20. The molecular weight excluding hydrogens is 397 g/mol. The quantitative estimate of drug-likeness (QED) is 0.719. The number of carbonyl (C=O) groups is 1. The third-order valence-corrected chi connectivity index (χ3v) is 5.77. The number of hydrogen-bond acceptors (Lipinski definition) is 3. The summed E-state index contributed by atoms with van der Waals surface area (Å²) in [6.07, 6.45) is 0. The fourth-order valence-corrected chi connectivity index (χ4v) is 3.55. The van der Waals surface area contributed by atoms with Crippen LogP contribution < -0.4 is 10.0 Å². The first-order valence-electron chi connectivity index (χ1n) is 7.90. The number of amides is 2. The van der Waals surface area contributed by atoms with Crippen LogP contribution in [0.4, 0.5) is 16.2 Å². The number of carbonyl (C=O) groups excluding carboxylic acids is 1. The first-order valence-corrected chi connectivity index (χ1v) is 10.1. The number of anilines is 2. The summed E-state index contributed by atoms with van der Waals surface area (Å²) < 4.78 is 27.3. The lowest BCUT2D eigenvalue weighted by atomic mass is 10.3. The Morgan fingerprint density at radius 3 is 2.08 bits per heavy atom. The van der Waals surface area contributed by atoms with Gasteiger partial charge in [0.25, 0.3) is 10.0 Å². The van der Waals surface area contributed by atoms with E-state index in [-0.39, 0.29) is 15.9 Å². The molecule has 2 amide bonds. The number of urea groups is 1. The van der Waals surface area contributed by atoms with Crippen LogP contribution in [0.25, 0.3) is 0 Å². The monoisotopic (exact) mass is 415 g/mol. The molecule has 26 heavy (non-hydrogen) atoms. The van der Waals surface area contributed by atoms with Crippen molar-refractivity contribution in [3.63, 3.8) is 0 Å². The number of benzene rings is 2. The molecule has 0 unspecified atom stereocenters. The summed E-state index contributed by atoms with van der Waals surface area (Å²) in [6.45, 7) is 4.94. The van der Waals surface area contributed by atoms with Crippen molar-refractivity contribution in [3.8, 4) is 0 Å². The van der Waals surface area contributed by atoms with Crippen molar-refractivity contribution in [1.29, 1.82) is 0 Å². The molecule has 0 aliphatic heterocycles. The van der Waals surface area contributed by atoms with Gasteiger partial charge in [0.2, 0.25) is 0 Å². The van der Waals surface area contributed by atoms with Gasteiger partial charge in [0.05, 0.1) is 20.6 Å². The number of hydrogen-bond donors (Lipinski definition) is 2. The van der Waals surface area contributed by atoms with E-state index in [4.69, 9.17) is 23.2 Å². The zero-order chi connectivity index (χ0) is 19.3. The summed E-state index contributed by atoms with van der Waals surface area (Å²) in [5.41, 5.74) is 0.814. The second-order valence-electron chi connectivity index (χ2n) is 5.36. The van der Waals surface area contributed by atoms with Crippen molar-refractivity contribution in [3.05, 3.63) is 52.5 Å². The SMILES string of the molecule is CCN(CC)C(=O)Nc1ccc(S(=O)(=O)Nc2ccc(Cl)c(Cl)c2)cc1. The number of halogens is 2. The Kier molecular flexibility index (Phi) is 6.75. The molecule has 0 aliphatic rings.